The molecule has 1 amide bonds. The minimum atomic E-state index is -0.191. The molecule has 1 saturated heterocycles. The van der Waals surface area contributed by atoms with Gasteiger partial charge in [0.25, 0.3) is 0 Å². The van der Waals surface area contributed by atoms with Gasteiger partial charge in [-0.25, -0.2) is 0 Å². The summed E-state index contributed by atoms with van der Waals surface area (Å²) in [6, 6.07) is 18.2. The molecule has 3 unspecified atom stereocenters. The van der Waals surface area contributed by atoms with Crippen molar-refractivity contribution in [2.24, 2.45) is 5.92 Å². The van der Waals surface area contributed by atoms with Gasteiger partial charge in [-0.15, -0.1) is 0 Å². The number of amides is 1. The number of piperazine rings is 1. The van der Waals surface area contributed by atoms with Crippen molar-refractivity contribution in [1.29, 1.82) is 0 Å². The SMILES string of the molecule is CCCC(C)COc1ccc(C(CN2CCN(C)CC2)NC(=O)C(C)c2ccccc2)cc1. The number of benzene rings is 2. The summed E-state index contributed by atoms with van der Waals surface area (Å²) >= 11 is 0. The zero-order chi connectivity index (χ0) is 23.6. The molecule has 3 atom stereocenters. The third-order valence-electron chi connectivity index (χ3n) is 6.64. The Hall–Kier alpha value is -2.37. The van der Waals surface area contributed by atoms with Crippen LogP contribution in [0.25, 0.3) is 0 Å². The van der Waals surface area contributed by atoms with Crippen molar-refractivity contribution in [2.45, 2.75) is 45.6 Å². The number of hydrogen-bond donors (Lipinski definition) is 1. The molecular formula is C28H41N3O2. The van der Waals surface area contributed by atoms with Crippen molar-refractivity contribution in [1.82, 2.24) is 15.1 Å². The highest BCUT2D eigenvalue weighted by Gasteiger charge is 2.24. The summed E-state index contributed by atoms with van der Waals surface area (Å²) in [5, 5.41) is 3.34. The van der Waals surface area contributed by atoms with Crippen molar-refractivity contribution in [3.63, 3.8) is 0 Å². The summed E-state index contributed by atoms with van der Waals surface area (Å²) in [5.74, 6) is 1.32. The molecule has 3 rings (SSSR count). The van der Waals surface area contributed by atoms with Crippen LogP contribution in [0.1, 0.15) is 56.7 Å². The highest BCUT2D eigenvalue weighted by molar-refractivity contribution is 5.83. The third kappa shape index (κ3) is 7.86. The van der Waals surface area contributed by atoms with Crippen molar-refractivity contribution in [3.05, 3.63) is 65.7 Å². The largest absolute Gasteiger partial charge is 0.493 e. The van der Waals surface area contributed by atoms with Gasteiger partial charge in [0.2, 0.25) is 5.91 Å². The zero-order valence-electron chi connectivity index (χ0n) is 20.8. The van der Waals surface area contributed by atoms with E-state index in [2.05, 4.69) is 48.1 Å². The normalized spacial score (nSPS) is 17.8. The average Bonchev–Trinajstić information content (AvgIpc) is 2.84. The van der Waals surface area contributed by atoms with Crippen LogP contribution >= 0.6 is 0 Å². The number of likely N-dealkylation sites (N-methyl/N-ethyl adjacent to an activating group) is 1. The van der Waals surface area contributed by atoms with Gasteiger partial charge in [-0.1, -0.05) is 62.7 Å². The van der Waals surface area contributed by atoms with Gasteiger partial charge in [-0.2, -0.15) is 0 Å². The Kier molecular flexibility index (Phi) is 9.76. The second kappa shape index (κ2) is 12.8. The van der Waals surface area contributed by atoms with Crippen LogP contribution in [0, 0.1) is 5.92 Å². The molecule has 1 heterocycles. The molecule has 2 aromatic rings. The van der Waals surface area contributed by atoms with Crippen molar-refractivity contribution in [2.75, 3.05) is 46.4 Å². The predicted molar refractivity (Wildman–Crippen MR) is 136 cm³/mol. The second-order valence-corrected chi connectivity index (χ2v) is 9.57. The van der Waals surface area contributed by atoms with E-state index in [0.29, 0.717) is 5.92 Å². The lowest BCUT2D eigenvalue weighted by Crippen LogP contribution is -2.48. The van der Waals surface area contributed by atoms with Crippen molar-refractivity contribution in [3.8, 4) is 5.75 Å². The first kappa shape index (κ1) is 25.3. The van der Waals surface area contributed by atoms with Crippen LogP contribution < -0.4 is 10.1 Å². The number of hydrogen-bond acceptors (Lipinski definition) is 4. The Labute approximate surface area is 200 Å². The Morgan fingerprint density at radius 3 is 2.27 bits per heavy atom. The molecular weight excluding hydrogens is 410 g/mol. The van der Waals surface area contributed by atoms with Crippen LogP contribution in [0.15, 0.2) is 54.6 Å². The Morgan fingerprint density at radius 1 is 0.970 bits per heavy atom. The summed E-state index contributed by atoms with van der Waals surface area (Å²) in [4.78, 5) is 18.0. The molecule has 0 aliphatic carbocycles. The topological polar surface area (TPSA) is 44.8 Å². The van der Waals surface area contributed by atoms with E-state index in [4.69, 9.17) is 4.74 Å². The number of ether oxygens (including phenoxy) is 1. The molecule has 0 saturated carbocycles. The summed E-state index contributed by atoms with van der Waals surface area (Å²) in [6.45, 7) is 12.1. The zero-order valence-corrected chi connectivity index (χ0v) is 20.8. The van der Waals surface area contributed by atoms with Gasteiger partial charge in [0.15, 0.2) is 0 Å². The van der Waals surface area contributed by atoms with Gasteiger partial charge >= 0.3 is 0 Å². The van der Waals surface area contributed by atoms with Gasteiger partial charge in [-0.3, -0.25) is 9.69 Å². The maximum absolute atomic E-state index is 13.2. The number of carbonyl (C=O) groups is 1. The molecule has 180 valence electrons. The lowest BCUT2D eigenvalue weighted by atomic mass is 9.98. The van der Waals surface area contributed by atoms with Gasteiger partial charge < -0.3 is 15.0 Å². The van der Waals surface area contributed by atoms with E-state index in [1.165, 1.54) is 12.8 Å². The Bertz CT molecular complexity index is 832. The third-order valence-corrected chi connectivity index (χ3v) is 6.64. The van der Waals surface area contributed by atoms with Gasteiger partial charge in [0.1, 0.15) is 5.75 Å². The lowest BCUT2D eigenvalue weighted by Gasteiger charge is -2.35. The fourth-order valence-electron chi connectivity index (χ4n) is 4.32. The lowest BCUT2D eigenvalue weighted by molar-refractivity contribution is -0.123. The minimum absolute atomic E-state index is 0.0554. The molecule has 1 aliphatic heterocycles. The fraction of sp³-hybridized carbons (Fsp3) is 0.536. The molecule has 1 fully saturated rings. The number of rotatable bonds is 11. The number of nitrogens with one attached hydrogen (secondary N) is 1. The van der Waals surface area contributed by atoms with Crippen molar-refractivity contribution >= 4 is 5.91 Å². The average molecular weight is 452 g/mol. The van der Waals surface area contributed by atoms with Crippen LogP contribution in [0.3, 0.4) is 0 Å². The molecule has 0 spiro atoms. The van der Waals surface area contributed by atoms with E-state index in [0.717, 1.165) is 56.2 Å². The maximum Gasteiger partial charge on any atom is 0.227 e. The van der Waals surface area contributed by atoms with Crippen molar-refractivity contribution < 1.29 is 9.53 Å². The quantitative estimate of drug-likeness (QED) is 0.537. The van der Waals surface area contributed by atoms with E-state index in [-0.39, 0.29) is 17.9 Å². The minimum Gasteiger partial charge on any atom is -0.493 e. The molecule has 33 heavy (non-hydrogen) atoms. The van der Waals surface area contributed by atoms with Crippen LogP contribution in [-0.4, -0.2) is 62.1 Å². The van der Waals surface area contributed by atoms with E-state index in [9.17, 15) is 4.79 Å². The van der Waals surface area contributed by atoms with E-state index in [1.54, 1.807) is 0 Å². The summed E-state index contributed by atoms with van der Waals surface area (Å²) < 4.78 is 5.99. The highest BCUT2D eigenvalue weighted by Crippen LogP contribution is 2.23. The summed E-state index contributed by atoms with van der Waals surface area (Å²) in [7, 11) is 2.16. The molecule has 0 bridgehead atoms. The molecule has 0 aromatic heterocycles. The first-order valence-corrected chi connectivity index (χ1v) is 12.4. The molecule has 5 heteroatoms. The van der Waals surface area contributed by atoms with E-state index >= 15 is 0 Å². The van der Waals surface area contributed by atoms with Crippen LogP contribution in [0.2, 0.25) is 0 Å². The molecule has 1 N–H and O–H groups in total. The van der Waals surface area contributed by atoms with Gasteiger partial charge in [-0.05, 0) is 49.6 Å². The molecule has 5 nitrogen and oxygen atoms in total. The fourth-order valence-corrected chi connectivity index (χ4v) is 4.32. The summed E-state index contributed by atoms with van der Waals surface area (Å²) in [5.41, 5.74) is 2.16. The van der Waals surface area contributed by atoms with Crippen LogP contribution in [-0.2, 0) is 4.79 Å². The number of carbonyl (C=O) groups excluding carboxylic acids is 1. The second-order valence-electron chi connectivity index (χ2n) is 9.57. The van der Waals surface area contributed by atoms with Gasteiger partial charge in [0.05, 0.1) is 18.6 Å². The Balaban J connectivity index is 1.69. The summed E-state index contributed by atoms with van der Waals surface area (Å²) in [6.07, 6.45) is 2.36. The van der Waals surface area contributed by atoms with Gasteiger partial charge in [0, 0.05) is 32.7 Å². The predicted octanol–water partition coefficient (Wildman–Crippen LogP) is 4.71. The first-order chi connectivity index (χ1) is 16.0. The maximum atomic E-state index is 13.2. The van der Waals surface area contributed by atoms with Crippen LogP contribution in [0.4, 0.5) is 0 Å². The highest BCUT2D eigenvalue weighted by atomic mass is 16.5. The Morgan fingerprint density at radius 2 is 1.64 bits per heavy atom. The van der Waals surface area contributed by atoms with E-state index < -0.39 is 0 Å². The molecule has 2 aromatic carbocycles. The standard InChI is InChI=1S/C28H41N3O2/c1-5-9-22(2)21-33-26-14-12-25(13-15-26)27(20-31-18-16-30(4)17-19-31)29-28(32)23(3)24-10-7-6-8-11-24/h6-8,10-15,22-23,27H,5,9,16-21H2,1-4H3,(H,29,32). The molecule has 1 aliphatic rings. The molecule has 0 radical (unpaired) electrons. The number of nitrogens with zero attached hydrogens (tertiary/aromatic N) is 2. The first-order valence-electron chi connectivity index (χ1n) is 12.4. The van der Waals surface area contributed by atoms with Crippen LogP contribution in [0.5, 0.6) is 5.75 Å². The monoisotopic (exact) mass is 451 g/mol. The van der Waals surface area contributed by atoms with E-state index in [1.807, 2.05) is 49.4 Å². The smallest absolute Gasteiger partial charge is 0.227 e.